The number of piperidine rings is 1. The Morgan fingerprint density at radius 2 is 1.78 bits per heavy atom. The number of amides is 1. The fraction of sp³-hybridized carbons (Fsp3) is 0.484. The molecule has 0 radical (unpaired) electrons. The zero-order valence-corrected chi connectivity index (χ0v) is 21.6. The maximum absolute atomic E-state index is 12.8. The number of carbonyl (C=O) groups is 1. The Balaban J connectivity index is 1.10. The monoisotopic (exact) mass is 485 g/mol. The third-order valence-electron chi connectivity index (χ3n) is 7.77. The molecule has 1 saturated carbocycles. The number of pyridine rings is 1. The minimum atomic E-state index is 0.360. The van der Waals surface area contributed by atoms with E-state index >= 15 is 0 Å². The summed E-state index contributed by atoms with van der Waals surface area (Å²) in [6.07, 6.45) is 9.87. The summed E-state index contributed by atoms with van der Waals surface area (Å²) in [5.74, 6) is 2.32. The molecule has 1 aliphatic heterocycles. The first kappa shape index (κ1) is 24.8. The second kappa shape index (κ2) is 11.9. The van der Waals surface area contributed by atoms with Crippen LogP contribution in [0.2, 0.25) is 0 Å². The number of hydrogen-bond acceptors (Lipinski definition) is 4. The molecule has 36 heavy (non-hydrogen) atoms. The lowest BCUT2D eigenvalue weighted by molar-refractivity contribution is -0.134. The molecule has 2 heterocycles. The van der Waals surface area contributed by atoms with Crippen molar-refractivity contribution < 1.29 is 9.53 Å². The molecular formula is C31H39N3O2. The Bertz CT molecular complexity index is 1160. The van der Waals surface area contributed by atoms with Gasteiger partial charge < -0.3 is 9.64 Å². The van der Waals surface area contributed by atoms with Crippen LogP contribution in [0.3, 0.4) is 0 Å². The average Bonchev–Trinajstić information content (AvgIpc) is 3.41. The van der Waals surface area contributed by atoms with Crippen molar-refractivity contribution in [2.45, 2.75) is 58.0 Å². The lowest BCUT2D eigenvalue weighted by Gasteiger charge is -2.33. The van der Waals surface area contributed by atoms with Gasteiger partial charge in [0.15, 0.2) is 0 Å². The van der Waals surface area contributed by atoms with E-state index in [9.17, 15) is 4.79 Å². The van der Waals surface area contributed by atoms with Crippen LogP contribution in [0.25, 0.3) is 10.9 Å². The third-order valence-corrected chi connectivity index (χ3v) is 7.77. The van der Waals surface area contributed by atoms with E-state index in [0.29, 0.717) is 24.3 Å². The highest BCUT2D eigenvalue weighted by molar-refractivity contribution is 5.79. The van der Waals surface area contributed by atoms with Gasteiger partial charge in [-0.25, -0.2) is 0 Å². The second-order valence-electron chi connectivity index (χ2n) is 10.9. The van der Waals surface area contributed by atoms with E-state index in [0.717, 1.165) is 56.7 Å². The van der Waals surface area contributed by atoms with E-state index in [1.165, 1.54) is 42.2 Å². The minimum absolute atomic E-state index is 0.360. The van der Waals surface area contributed by atoms with Crippen molar-refractivity contribution in [3.05, 3.63) is 71.9 Å². The van der Waals surface area contributed by atoms with Gasteiger partial charge in [0.25, 0.3) is 0 Å². The predicted molar refractivity (Wildman–Crippen MR) is 145 cm³/mol. The quantitative estimate of drug-likeness (QED) is 0.369. The molecule has 1 saturated heterocycles. The number of fused-ring (bicyclic) bond motifs is 1. The van der Waals surface area contributed by atoms with Crippen LogP contribution in [-0.4, -0.2) is 47.4 Å². The van der Waals surface area contributed by atoms with Crippen molar-refractivity contribution in [3.8, 4) is 5.75 Å². The van der Waals surface area contributed by atoms with Crippen molar-refractivity contribution in [1.29, 1.82) is 0 Å². The fourth-order valence-electron chi connectivity index (χ4n) is 5.87. The van der Waals surface area contributed by atoms with Crippen molar-refractivity contribution in [1.82, 2.24) is 14.8 Å². The van der Waals surface area contributed by atoms with Gasteiger partial charge >= 0.3 is 0 Å². The van der Waals surface area contributed by atoms with Crippen LogP contribution in [0.15, 0.2) is 60.8 Å². The number of likely N-dealkylation sites (tertiary alicyclic amines) is 1. The lowest BCUT2D eigenvalue weighted by atomic mass is 9.97. The molecule has 1 aromatic heterocycles. The average molecular weight is 486 g/mol. The smallest absolute Gasteiger partial charge is 0.222 e. The zero-order valence-electron chi connectivity index (χ0n) is 21.6. The van der Waals surface area contributed by atoms with E-state index in [1.807, 2.05) is 18.3 Å². The summed E-state index contributed by atoms with van der Waals surface area (Å²) in [6.45, 7) is 4.17. The van der Waals surface area contributed by atoms with Crippen molar-refractivity contribution in [2.24, 2.45) is 11.8 Å². The zero-order chi connectivity index (χ0) is 24.7. The Morgan fingerprint density at radius 3 is 2.64 bits per heavy atom. The summed E-state index contributed by atoms with van der Waals surface area (Å²) in [7, 11) is 2.15. The van der Waals surface area contributed by atoms with E-state index < -0.39 is 0 Å². The van der Waals surface area contributed by atoms with Crippen LogP contribution in [-0.2, 0) is 17.9 Å². The Kier molecular flexibility index (Phi) is 8.17. The molecule has 0 spiro atoms. The first-order chi connectivity index (χ1) is 17.6. The highest BCUT2D eigenvalue weighted by Gasteiger charge is 2.27. The van der Waals surface area contributed by atoms with Crippen LogP contribution < -0.4 is 4.74 Å². The second-order valence-corrected chi connectivity index (χ2v) is 10.9. The lowest BCUT2D eigenvalue weighted by Crippen LogP contribution is -2.42. The Labute approximate surface area is 215 Å². The summed E-state index contributed by atoms with van der Waals surface area (Å²) in [5.41, 5.74) is 3.57. The molecule has 3 aromatic rings. The number of benzene rings is 2. The highest BCUT2D eigenvalue weighted by Crippen LogP contribution is 2.29. The first-order valence-electron chi connectivity index (χ1n) is 13.6. The predicted octanol–water partition coefficient (Wildman–Crippen LogP) is 6.06. The fourth-order valence-corrected chi connectivity index (χ4v) is 5.87. The SMILES string of the molecule is CN(Cc1cccc(OC[C@@H]2CCCN(C(=O)CC3CCCC3)C2)c1)Cc1ccc2ncccc2c1. The molecule has 2 aromatic carbocycles. The summed E-state index contributed by atoms with van der Waals surface area (Å²) in [6, 6.07) is 19.0. The molecular weight excluding hydrogens is 446 g/mol. The van der Waals surface area contributed by atoms with E-state index in [1.54, 1.807) is 0 Å². The summed E-state index contributed by atoms with van der Waals surface area (Å²) < 4.78 is 6.23. The number of hydrogen-bond donors (Lipinski definition) is 0. The molecule has 0 bridgehead atoms. The molecule has 2 aliphatic rings. The van der Waals surface area contributed by atoms with E-state index in [4.69, 9.17) is 4.74 Å². The number of rotatable bonds is 9. The molecule has 0 unspecified atom stereocenters. The molecule has 1 atom stereocenters. The molecule has 5 rings (SSSR count). The number of aromatic nitrogens is 1. The van der Waals surface area contributed by atoms with Gasteiger partial charge in [0, 0.05) is 50.1 Å². The van der Waals surface area contributed by atoms with Crippen molar-refractivity contribution in [3.63, 3.8) is 0 Å². The van der Waals surface area contributed by atoms with Gasteiger partial charge in [0.05, 0.1) is 12.1 Å². The molecule has 0 N–H and O–H groups in total. The Morgan fingerprint density at radius 1 is 0.972 bits per heavy atom. The van der Waals surface area contributed by atoms with Crippen molar-refractivity contribution in [2.75, 3.05) is 26.7 Å². The van der Waals surface area contributed by atoms with Gasteiger partial charge in [-0.2, -0.15) is 0 Å². The molecule has 5 heteroatoms. The topological polar surface area (TPSA) is 45.7 Å². The van der Waals surface area contributed by atoms with Crippen molar-refractivity contribution >= 4 is 16.8 Å². The number of ether oxygens (including phenoxy) is 1. The van der Waals surface area contributed by atoms with Crippen LogP contribution in [0.4, 0.5) is 0 Å². The minimum Gasteiger partial charge on any atom is -0.493 e. The third kappa shape index (κ3) is 6.64. The molecule has 5 nitrogen and oxygen atoms in total. The number of nitrogens with zero attached hydrogens (tertiary/aromatic N) is 3. The van der Waals surface area contributed by atoms with Gasteiger partial charge in [-0.1, -0.05) is 37.1 Å². The maximum atomic E-state index is 12.8. The van der Waals surface area contributed by atoms with Gasteiger partial charge in [-0.15, -0.1) is 0 Å². The highest BCUT2D eigenvalue weighted by atomic mass is 16.5. The van der Waals surface area contributed by atoms with Crippen LogP contribution in [0, 0.1) is 11.8 Å². The standard InChI is InChI=1S/C31H39N3O2/c1-33(21-26-13-14-30-28(17-26)11-5-15-32-30)20-25-9-4-12-29(18-25)36-23-27-10-6-16-34(22-27)31(35)19-24-7-2-3-8-24/h4-5,9,11-15,17-18,24,27H,2-3,6-8,10,16,19-23H2,1H3/t27-/m1/s1. The summed E-state index contributed by atoms with van der Waals surface area (Å²) in [5, 5.41) is 1.18. The van der Waals surface area contributed by atoms with Gasteiger partial charge in [0.2, 0.25) is 5.91 Å². The van der Waals surface area contributed by atoms with Gasteiger partial charge in [-0.05, 0) is 80.1 Å². The molecule has 2 fully saturated rings. The molecule has 190 valence electrons. The normalized spacial score (nSPS) is 18.7. The van der Waals surface area contributed by atoms with Gasteiger partial charge in [0.1, 0.15) is 5.75 Å². The van der Waals surface area contributed by atoms with Crippen LogP contribution in [0.5, 0.6) is 5.75 Å². The van der Waals surface area contributed by atoms with E-state index in [-0.39, 0.29) is 0 Å². The summed E-state index contributed by atoms with van der Waals surface area (Å²) in [4.78, 5) is 21.6. The number of carbonyl (C=O) groups excluding carboxylic acids is 1. The first-order valence-corrected chi connectivity index (χ1v) is 13.6. The molecule has 1 amide bonds. The Hall–Kier alpha value is -2.92. The van der Waals surface area contributed by atoms with Gasteiger partial charge in [-0.3, -0.25) is 14.7 Å². The largest absolute Gasteiger partial charge is 0.493 e. The maximum Gasteiger partial charge on any atom is 0.222 e. The molecule has 1 aliphatic carbocycles. The van der Waals surface area contributed by atoms with Crippen LogP contribution >= 0.6 is 0 Å². The summed E-state index contributed by atoms with van der Waals surface area (Å²) >= 11 is 0. The van der Waals surface area contributed by atoms with Crippen LogP contribution in [0.1, 0.15) is 56.1 Å². The van der Waals surface area contributed by atoms with E-state index in [2.05, 4.69) is 64.3 Å².